The molecule has 2 N–H and O–H groups in total. The monoisotopic (exact) mass is 461 g/mol. The number of nitrogens with one attached hydrogen (secondary N) is 2. The molecule has 0 unspecified atom stereocenters. The van der Waals surface area contributed by atoms with E-state index in [4.69, 9.17) is 0 Å². The third-order valence-electron chi connectivity index (χ3n) is 4.34. The van der Waals surface area contributed by atoms with Gasteiger partial charge in [-0.15, -0.1) is 0 Å². The van der Waals surface area contributed by atoms with Gasteiger partial charge in [0, 0.05) is 37.9 Å². The quantitative estimate of drug-likeness (QED) is 0.583. The Balaban J connectivity index is 0.000000687. The van der Waals surface area contributed by atoms with Gasteiger partial charge in [0.25, 0.3) is 0 Å². The molecule has 0 atom stereocenters. The van der Waals surface area contributed by atoms with Crippen molar-refractivity contribution in [3.63, 3.8) is 0 Å². The predicted octanol–water partition coefficient (Wildman–Crippen LogP) is 5.32. The lowest BCUT2D eigenvalue weighted by molar-refractivity contribution is -0.136. The Kier molecular flexibility index (Phi) is 9.38. The van der Waals surface area contributed by atoms with E-state index in [2.05, 4.69) is 57.3 Å². The summed E-state index contributed by atoms with van der Waals surface area (Å²) in [5, 5.41) is 6.44. The average Bonchev–Trinajstić information content (AvgIpc) is 2.63. The predicted molar refractivity (Wildman–Crippen MR) is 123 cm³/mol. The molecular weight excluding hydrogens is 430 g/mol. The Morgan fingerprint density at radius 2 is 1.90 bits per heavy atom. The van der Waals surface area contributed by atoms with E-state index in [0.29, 0.717) is 24.9 Å². The standard InChI is InChI=1S/C18H22BrN5O.C4H10/c1-24(17(25)13-6-5-7-13)11-10-20-16-15(19)12-21-18(23-16)22-14-8-3-2-4-9-14;1-4(2)3/h2-4,8-9,12-13H,5-7,10-11H2,1H3,(H2,20,21,22,23);4H,1-3H3. The number of carbonyl (C=O) groups is 1. The maximum Gasteiger partial charge on any atom is 0.229 e. The van der Waals surface area contributed by atoms with Crippen LogP contribution in [-0.4, -0.2) is 40.9 Å². The van der Waals surface area contributed by atoms with Crippen LogP contribution in [0.4, 0.5) is 17.5 Å². The van der Waals surface area contributed by atoms with Crippen LogP contribution >= 0.6 is 15.9 Å². The molecule has 0 radical (unpaired) electrons. The Labute approximate surface area is 182 Å². The van der Waals surface area contributed by atoms with E-state index in [0.717, 1.165) is 28.9 Å². The number of benzene rings is 1. The summed E-state index contributed by atoms with van der Waals surface area (Å²) >= 11 is 3.46. The minimum Gasteiger partial charge on any atom is -0.367 e. The number of rotatable bonds is 7. The summed E-state index contributed by atoms with van der Waals surface area (Å²) in [6.07, 6.45) is 4.95. The van der Waals surface area contributed by atoms with Crippen molar-refractivity contribution in [2.24, 2.45) is 11.8 Å². The van der Waals surface area contributed by atoms with Crippen molar-refractivity contribution in [2.75, 3.05) is 30.8 Å². The highest BCUT2D eigenvalue weighted by molar-refractivity contribution is 9.10. The zero-order chi connectivity index (χ0) is 21.2. The van der Waals surface area contributed by atoms with Crippen LogP contribution in [0.15, 0.2) is 41.0 Å². The van der Waals surface area contributed by atoms with Gasteiger partial charge in [-0.25, -0.2) is 4.98 Å². The summed E-state index contributed by atoms with van der Waals surface area (Å²) in [6, 6.07) is 9.78. The number of aromatic nitrogens is 2. The number of hydrogen-bond acceptors (Lipinski definition) is 5. The molecule has 1 aliphatic carbocycles. The molecule has 1 heterocycles. The molecule has 0 saturated heterocycles. The number of anilines is 3. The molecule has 29 heavy (non-hydrogen) atoms. The van der Waals surface area contributed by atoms with Gasteiger partial charge in [0.2, 0.25) is 11.9 Å². The van der Waals surface area contributed by atoms with Gasteiger partial charge in [-0.2, -0.15) is 4.98 Å². The van der Waals surface area contributed by atoms with Gasteiger partial charge in [0.1, 0.15) is 5.82 Å². The lowest BCUT2D eigenvalue weighted by Crippen LogP contribution is -2.38. The van der Waals surface area contributed by atoms with E-state index >= 15 is 0 Å². The highest BCUT2D eigenvalue weighted by atomic mass is 79.9. The van der Waals surface area contributed by atoms with E-state index in [1.165, 1.54) is 6.42 Å². The first-order chi connectivity index (χ1) is 13.9. The van der Waals surface area contributed by atoms with E-state index in [-0.39, 0.29) is 11.8 Å². The van der Waals surface area contributed by atoms with Crippen molar-refractivity contribution in [3.8, 4) is 0 Å². The van der Waals surface area contributed by atoms with E-state index in [1.807, 2.05) is 37.4 Å². The van der Waals surface area contributed by atoms with Gasteiger partial charge >= 0.3 is 0 Å². The second-order valence-corrected chi connectivity index (χ2v) is 8.78. The molecule has 1 aromatic heterocycles. The molecule has 2 aromatic rings. The Bertz CT molecular complexity index is 762. The zero-order valence-corrected chi connectivity index (χ0v) is 19.4. The highest BCUT2D eigenvalue weighted by Gasteiger charge is 2.27. The van der Waals surface area contributed by atoms with Crippen LogP contribution in [-0.2, 0) is 4.79 Å². The molecule has 1 fully saturated rings. The van der Waals surface area contributed by atoms with Crippen LogP contribution in [0.25, 0.3) is 0 Å². The van der Waals surface area contributed by atoms with Crippen LogP contribution < -0.4 is 10.6 Å². The molecule has 6 nitrogen and oxygen atoms in total. The number of para-hydroxylation sites is 1. The van der Waals surface area contributed by atoms with Crippen LogP contribution in [0.3, 0.4) is 0 Å². The van der Waals surface area contributed by atoms with E-state index < -0.39 is 0 Å². The van der Waals surface area contributed by atoms with Gasteiger partial charge in [-0.3, -0.25) is 4.79 Å². The summed E-state index contributed by atoms with van der Waals surface area (Å²) in [4.78, 5) is 22.7. The van der Waals surface area contributed by atoms with Crippen molar-refractivity contribution in [1.29, 1.82) is 0 Å². The Morgan fingerprint density at radius 1 is 1.24 bits per heavy atom. The largest absolute Gasteiger partial charge is 0.367 e. The van der Waals surface area contributed by atoms with Gasteiger partial charge in [0.15, 0.2) is 0 Å². The van der Waals surface area contributed by atoms with E-state index in [9.17, 15) is 4.79 Å². The number of likely N-dealkylation sites (N-methyl/N-ethyl adjacent to an activating group) is 1. The molecule has 1 saturated carbocycles. The smallest absolute Gasteiger partial charge is 0.229 e. The van der Waals surface area contributed by atoms with Crippen molar-refractivity contribution in [3.05, 3.63) is 41.0 Å². The van der Waals surface area contributed by atoms with Gasteiger partial charge < -0.3 is 15.5 Å². The Hall–Kier alpha value is -2.15. The number of carbonyl (C=O) groups excluding carboxylic acids is 1. The zero-order valence-electron chi connectivity index (χ0n) is 17.8. The van der Waals surface area contributed by atoms with Crippen molar-refractivity contribution < 1.29 is 4.79 Å². The summed E-state index contributed by atoms with van der Waals surface area (Å²) in [5.74, 6) is 2.55. The molecule has 0 bridgehead atoms. The van der Waals surface area contributed by atoms with Crippen LogP contribution in [0.5, 0.6) is 0 Å². The van der Waals surface area contributed by atoms with Crippen molar-refractivity contribution in [1.82, 2.24) is 14.9 Å². The maximum atomic E-state index is 12.1. The van der Waals surface area contributed by atoms with Crippen LogP contribution in [0.1, 0.15) is 40.0 Å². The van der Waals surface area contributed by atoms with Gasteiger partial charge in [-0.1, -0.05) is 45.4 Å². The Morgan fingerprint density at radius 3 is 2.48 bits per heavy atom. The first-order valence-corrected chi connectivity index (χ1v) is 11.0. The molecule has 7 heteroatoms. The number of nitrogens with zero attached hydrogens (tertiary/aromatic N) is 3. The fourth-order valence-electron chi connectivity index (χ4n) is 2.62. The van der Waals surface area contributed by atoms with Crippen molar-refractivity contribution in [2.45, 2.75) is 40.0 Å². The molecule has 158 valence electrons. The third kappa shape index (κ3) is 8.01. The topological polar surface area (TPSA) is 70.2 Å². The molecule has 0 aliphatic heterocycles. The average molecular weight is 462 g/mol. The highest BCUT2D eigenvalue weighted by Crippen LogP contribution is 2.28. The number of halogens is 1. The molecule has 3 rings (SSSR count). The van der Waals surface area contributed by atoms with E-state index in [1.54, 1.807) is 11.1 Å². The molecule has 0 spiro atoms. The molecule has 1 amide bonds. The maximum absolute atomic E-state index is 12.1. The second kappa shape index (κ2) is 11.8. The number of amides is 1. The summed E-state index contributed by atoms with van der Waals surface area (Å²) in [7, 11) is 1.86. The second-order valence-electron chi connectivity index (χ2n) is 7.93. The minimum absolute atomic E-state index is 0.234. The van der Waals surface area contributed by atoms with Crippen molar-refractivity contribution >= 4 is 39.3 Å². The fraction of sp³-hybridized carbons (Fsp3) is 0.500. The molecule has 1 aromatic carbocycles. The van der Waals surface area contributed by atoms with Gasteiger partial charge in [0.05, 0.1) is 4.47 Å². The normalized spacial score (nSPS) is 13.2. The third-order valence-corrected chi connectivity index (χ3v) is 4.92. The minimum atomic E-state index is 0.234. The first-order valence-electron chi connectivity index (χ1n) is 10.2. The fourth-order valence-corrected chi connectivity index (χ4v) is 2.95. The summed E-state index contributed by atoms with van der Waals surface area (Å²) in [5.41, 5.74) is 0.932. The van der Waals surface area contributed by atoms with Gasteiger partial charge in [-0.05, 0) is 46.8 Å². The summed E-state index contributed by atoms with van der Waals surface area (Å²) < 4.78 is 0.791. The SMILES string of the molecule is CC(C)C.CN(CCNc1nc(Nc2ccccc2)ncc1Br)C(=O)C1CCC1. The lowest BCUT2D eigenvalue weighted by atomic mass is 9.84. The first kappa shape index (κ1) is 23.1. The van der Waals surface area contributed by atoms with Crippen LogP contribution in [0, 0.1) is 11.8 Å². The molecular formula is C22H32BrN5O. The number of hydrogen-bond donors (Lipinski definition) is 2. The molecule has 1 aliphatic rings. The lowest BCUT2D eigenvalue weighted by Gasteiger charge is -2.29. The summed E-state index contributed by atoms with van der Waals surface area (Å²) in [6.45, 7) is 7.78. The van der Waals surface area contributed by atoms with Crippen LogP contribution in [0.2, 0.25) is 0 Å².